The van der Waals surface area contributed by atoms with Crippen molar-refractivity contribution < 1.29 is 27.5 Å². The summed E-state index contributed by atoms with van der Waals surface area (Å²) in [5, 5.41) is 2.56. The highest BCUT2D eigenvalue weighted by atomic mass is 32.2. The van der Waals surface area contributed by atoms with E-state index in [0.29, 0.717) is 18.7 Å². The van der Waals surface area contributed by atoms with E-state index in [1.807, 2.05) is 0 Å². The van der Waals surface area contributed by atoms with Crippen LogP contribution >= 0.6 is 0 Å². The molecule has 0 bridgehead atoms. The minimum atomic E-state index is -3.11. The highest BCUT2D eigenvalue weighted by Crippen LogP contribution is 2.18. The van der Waals surface area contributed by atoms with Gasteiger partial charge in [0.05, 0.1) is 17.1 Å². The number of likely N-dealkylation sites (N-methyl/N-ethyl adjacent to an activating group) is 1. The van der Waals surface area contributed by atoms with E-state index in [4.69, 9.17) is 4.74 Å². The Bertz CT molecular complexity index is 805. The number of amides is 2. The van der Waals surface area contributed by atoms with E-state index in [0.717, 1.165) is 0 Å². The molecule has 8 nitrogen and oxygen atoms in total. The number of hydrogen-bond acceptors (Lipinski definition) is 6. The summed E-state index contributed by atoms with van der Waals surface area (Å²) in [5.74, 6) is -1.38. The number of esters is 1. The number of nitrogens with one attached hydrogen (secondary N) is 1. The molecule has 9 heteroatoms. The lowest BCUT2D eigenvalue weighted by atomic mass is 10.2. The molecule has 1 atom stereocenters. The zero-order chi connectivity index (χ0) is 19.3. The molecule has 1 aromatic rings. The number of carbonyl (C=O) groups is 3. The first-order chi connectivity index (χ1) is 12.2. The summed E-state index contributed by atoms with van der Waals surface area (Å²) in [5.41, 5.74) is 0.653. The fourth-order valence-electron chi connectivity index (χ4n) is 2.88. The Morgan fingerprint density at radius 3 is 2.62 bits per heavy atom. The van der Waals surface area contributed by atoms with Gasteiger partial charge in [0.2, 0.25) is 5.91 Å². The van der Waals surface area contributed by atoms with Crippen molar-refractivity contribution in [3.05, 3.63) is 29.8 Å². The maximum Gasteiger partial charge on any atom is 0.338 e. The van der Waals surface area contributed by atoms with Gasteiger partial charge in [0.25, 0.3) is 5.91 Å². The Morgan fingerprint density at radius 2 is 2.04 bits per heavy atom. The Balaban J connectivity index is 1.95. The molecule has 0 unspecified atom stereocenters. The molecule has 1 saturated heterocycles. The fraction of sp³-hybridized carbons (Fsp3) is 0.471. The van der Waals surface area contributed by atoms with Crippen LogP contribution in [0, 0.1) is 0 Å². The number of carbonyl (C=O) groups excluding carboxylic acids is 3. The van der Waals surface area contributed by atoms with Crippen LogP contribution < -0.4 is 5.32 Å². The zero-order valence-corrected chi connectivity index (χ0v) is 15.5. The minimum absolute atomic E-state index is 0.0563. The number of benzene rings is 1. The summed E-state index contributed by atoms with van der Waals surface area (Å²) in [6.07, 6.45) is 0.397. The van der Waals surface area contributed by atoms with E-state index in [1.165, 1.54) is 24.0 Å². The maximum atomic E-state index is 12.3. The first-order valence-electron chi connectivity index (χ1n) is 8.26. The summed E-state index contributed by atoms with van der Waals surface area (Å²) in [6, 6.07) is 5.81. The van der Waals surface area contributed by atoms with Crippen molar-refractivity contribution in [1.82, 2.24) is 4.90 Å². The molecule has 142 valence electrons. The normalized spacial score (nSPS) is 18.2. The van der Waals surface area contributed by atoms with Crippen LogP contribution in [0.1, 0.15) is 30.6 Å². The molecule has 1 aliphatic rings. The van der Waals surface area contributed by atoms with Gasteiger partial charge in [0.1, 0.15) is 0 Å². The van der Waals surface area contributed by atoms with Crippen LogP contribution in [-0.2, 0) is 24.2 Å². The monoisotopic (exact) mass is 382 g/mol. The van der Waals surface area contributed by atoms with Crippen molar-refractivity contribution in [3.63, 3.8) is 0 Å². The molecular formula is C17H22N2O6S. The zero-order valence-electron chi connectivity index (χ0n) is 14.7. The van der Waals surface area contributed by atoms with Crippen molar-refractivity contribution in [2.45, 2.75) is 26.3 Å². The smallest absolute Gasteiger partial charge is 0.338 e. The number of rotatable bonds is 6. The van der Waals surface area contributed by atoms with Gasteiger partial charge in [-0.3, -0.25) is 9.59 Å². The van der Waals surface area contributed by atoms with Crippen molar-refractivity contribution in [3.8, 4) is 0 Å². The summed E-state index contributed by atoms with van der Waals surface area (Å²) < 4.78 is 28.2. The van der Waals surface area contributed by atoms with Crippen molar-refractivity contribution in [2.75, 3.05) is 30.0 Å². The summed E-state index contributed by atoms with van der Waals surface area (Å²) >= 11 is 0. The largest absolute Gasteiger partial charge is 0.452 e. The molecule has 1 N–H and O–H groups in total. The minimum Gasteiger partial charge on any atom is -0.452 e. The number of nitrogens with zero attached hydrogens (tertiary/aromatic N) is 1. The average Bonchev–Trinajstić information content (AvgIpc) is 2.92. The van der Waals surface area contributed by atoms with E-state index < -0.39 is 28.3 Å². The predicted molar refractivity (Wildman–Crippen MR) is 95.5 cm³/mol. The highest BCUT2D eigenvalue weighted by molar-refractivity contribution is 7.91. The fourth-order valence-corrected chi connectivity index (χ4v) is 4.61. The molecule has 2 rings (SSSR count). The summed E-state index contributed by atoms with van der Waals surface area (Å²) in [7, 11) is -3.11. The molecule has 2 amide bonds. The molecule has 1 fully saturated rings. The molecule has 1 aliphatic heterocycles. The molecular weight excluding hydrogens is 360 g/mol. The van der Waals surface area contributed by atoms with Gasteiger partial charge in [-0.25, -0.2) is 13.2 Å². The first-order valence-corrected chi connectivity index (χ1v) is 10.1. The molecule has 0 radical (unpaired) electrons. The lowest BCUT2D eigenvalue weighted by Gasteiger charge is -2.26. The first kappa shape index (κ1) is 19.9. The van der Waals surface area contributed by atoms with Crippen molar-refractivity contribution in [2.24, 2.45) is 0 Å². The molecule has 1 heterocycles. The van der Waals surface area contributed by atoms with Gasteiger partial charge in [0, 0.05) is 25.2 Å². The third-order valence-corrected chi connectivity index (χ3v) is 5.81. The van der Waals surface area contributed by atoms with Gasteiger partial charge in [-0.15, -0.1) is 0 Å². The third-order valence-electron chi connectivity index (χ3n) is 4.06. The average molecular weight is 382 g/mol. The highest BCUT2D eigenvalue weighted by Gasteiger charge is 2.34. The van der Waals surface area contributed by atoms with Gasteiger partial charge in [0.15, 0.2) is 16.4 Å². The van der Waals surface area contributed by atoms with Crippen LogP contribution in [0.15, 0.2) is 24.3 Å². The van der Waals surface area contributed by atoms with Crippen LogP contribution in [-0.4, -0.2) is 61.8 Å². The van der Waals surface area contributed by atoms with Crippen LogP contribution in [0.5, 0.6) is 0 Å². The molecule has 0 spiro atoms. The summed E-state index contributed by atoms with van der Waals surface area (Å²) in [6.45, 7) is 2.98. The molecule has 0 aliphatic carbocycles. The van der Waals surface area contributed by atoms with E-state index in [1.54, 1.807) is 19.1 Å². The number of ether oxygens (including phenoxy) is 1. The number of hydrogen-bond donors (Lipinski definition) is 1. The molecule has 0 saturated carbocycles. The van der Waals surface area contributed by atoms with Gasteiger partial charge < -0.3 is 15.0 Å². The quantitative estimate of drug-likeness (QED) is 0.730. The number of anilines is 1. The second-order valence-corrected chi connectivity index (χ2v) is 8.30. The van der Waals surface area contributed by atoms with Gasteiger partial charge in [-0.1, -0.05) is 6.07 Å². The molecule has 1 aromatic carbocycles. The van der Waals surface area contributed by atoms with E-state index >= 15 is 0 Å². The second kappa shape index (κ2) is 8.31. The Kier molecular flexibility index (Phi) is 6.36. The standard InChI is InChI=1S/C17H22N2O6S/c1-3-19(15-7-8-26(23,24)11-15)16(21)10-25-17(22)13-5-4-6-14(9-13)18-12(2)20/h4-6,9,15H,3,7-8,10-11H2,1-2H3,(H,18,20)/t15-/m1/s1. The maximum absolute atomic E-state index is 12.3. The molecule has 0 aromatic heterocycles. The number of sulfone groups is 1. The van der Waals surface area contributed by atoms with E-state index in [9.17, 15) is 22.8 Å². The second-order valence-electron chi connectivity index (χ2n) is 6.07. The topological polar surface area (TPSA) is 110 Å². The third kappa shape index (κ3) is 5.29. The lowest BCUT2D eigenvalue weighted by molar-refractivity contribution is -0.136. The Labute approximate surface area is 152 Å². The Hall–Kier alpha value is -2.42. The van der Waals surface area contributed by atoms with Gasteiger partial charge in [-0.2, -0.15) is 0 Å². The summed E-state index contributed by atoms with van der Waals surface area (Å²) in [4.78, 5) is 36.9. The molecule has 26 heavy (non-hydrogen) atoms. The van der Waals surface area contributed by atoms with E-state index in [2.05, 4.69) is 5.32 Å². The van der Waals surface area contributed by atoms with Crippen molar-refractivity contribution in [1.29, 1.82) is 0 Å². The lowest BCUT2D eigenvalue weighted by Crippen LogP contribution is -2.43. The Morgan fingerprint density at radius 1 is 1.31 bits per heavy atom. The van der Waals surface area contributed by atoms with Crippen LogP contribution in [0.3, 0.4) is 0 Å². The van der Waals surface area contributed by atoms with Crippen LogP contribution in [0.2, 0.25) is 0 Å². The van der Waals surface area contributed by atoms with Gasteiger partial charge in [-0.05, 0) is 31.5 Å². The van der Waals surface area contributed by atoms with Crippen LogP contribution in [0.4, 0.5) is 5.69 Å². The SMILES string of the molecule is CCN(C(=O)COC(=O)c1cccc(NC(C)=O)c1)[C@@H]1CCS(=O)(=O)C1. The van der Waals surface area contributed by atoms with Crippen molar-refractivity contribution >= 4 is 33.3 Å². The van der Waals surface area contributed by atoms with Gasteiger partial charge >= 0.3 is 5.97 Å². The predicted octanol–water partition coefficient (Wildman–Crippen LogP) is 0.837. The van der Waals surface area contributed by atoms with E-state index in [-0.39, 0.29) is 29.0 Å². The van der Waals surface area contributed by atoms with Crippen LogP contribution in [0.25, 0.3) is 0 Å².